The number of amides is 1. The second-order valence-corrected chi connectivity index (χ2v) is 5.50. The average molecular weight is 382 g/mol. The standard InChI is InChI=1S/C16H13BrFNO4/c1-9-13(17)12(18)7-11(15(20)21)14(9)19-16(22)23-8-10-5-3-2-4-6-10/h2-7H,8H2,1H3,(H,19,22)(H,20,21). The molecule has 0 aliphatic rings. The van der Waals surface area contributed by atoms with Crippen LogP contribution in [0.2, 0.25) is 0 Å². The van der Waals surface area contributed by atoms with Crippen molar-refractivity contribution in [2.24, 2.45) is 0 Å². The molecule has 0 unspecified atom stereocenters. The monoisotopic (exact) mass is 381 g/mol. The molecule has 0 atom stereocenters. The van der Waals surface area contributed by atoms with Crippen LogP contribution < -0.4 is 5.32 Å². The zero-order valence-corrected chi connectivity index (χ0v) is 13.7. The van der Waals surface area contributed by atoms with Gasteiger partial charge in [-0.1, -0.05) is 30.3 Å². The van der Waals surface area contributed by atoms with E-state index in [9.17, 15) is 14.0 Å². The van der Waals surface area contributed by atoms with E-state index in [0.717, 1.165) is 11.6 Å². The summed E-state index contributed by atoms with van der Waals surface area (Å²) in [5.41, 5.74) is 0.695. The Morgan fingerprint density at radius 2 is 1.96 bits per heavy atom. The van der Waals surface area contributed by atoms with Gasteiger partial charge in [-0.3, -0.25) is 5.32 Å². The van der Waals surface area contributed by atoms with Crippen molar-refractivity contribution in [1.82, 2.24) is 0 Å². The van der Waals surface area contributed by atoms with E-state index in [2.05, 4.69) is 21.2 Å². The predicted molar refractivity (Wildman–Crippen MR) is 86.0 cm³/mol. The number of hydrogen-bond acceptors (Lipinski definition) is 3. The molecule has 0 aliphatic heterocycles. The molecule has 23 heavy (non-hydrogen) atoms. The van der Waals surface area contributed by atoms with Crippen LogP contribution in [0.15, 0.2) is 40.9 Å². The zero-order valence-electron chi connectivity index (χ0n) is 12.1. The third kappa shape index (κ3) is 4.07. The first-order chi connectivity index (χ1) is 10.9. The Morgan fingerprint density at radius 3 is 2.57 bits per heavy atom. The van der Waals surface area contributed by atoms with Crippen LogP contribution in [0.4, 0.5) is 14.9 Å². The van der Waals surface area contributed by atoms with Crippen molar-refractivity contribution in [1.29, 1.82) is 0 Å². The Kier molecular flexibility index (Phi) is 5.33. The van der Waals surface area contributed by atoms with Crippen LogP contribution in [0.1, 0.15) is 21.5 Å². The Balaban J connectivity index is 2.17. The van der Waals surface area contributed by atoms with Crippen molar-refractivity contribution in [3.8, 4) is 0 Å². The van der Waals surface area contributed by atoms with Gasteiger partial charge < -0.3 is 9.84 Å². The smallest absolute Gasteiger partial charge is 0.411 e. The van der Waals surface area contributed by atoms with Crippen molar-refractivity contribution in [2.45, 2.75) is 13.5 Å². The van der Waals surface area contributed by atoms with Gasteiger partial charge in [0.25, 0.3) is 0 Å². The van der Waals surface area contributed by atoms with Gasteiger partial charge >= 0.3 is 12.1 Å². The molecule has 0 saturated carbocycles. The maximum Gasteiger partial charge on any atom is 0.411 e. The van der Waals surface area contributed by atoms with Gasteiger partial charge in [-0.05, 0) is 40.0 Å². The minimum Gasteiger partial charge on any atom is -0.478 e. The van der Waals surface area contributed by atoms with Gasteiger partial charge in [-0.25, -0.2) is 14.0 Å². The number of nitrogens with one attached hydrogen (secondary N) is 1. The van der Waals surface area contributed by atoms with Crippen LogP contribution in [0.25, 0.3) is 0 Å². The summed E-state index contributed by atoms with van der Waals surface area (Å²) in [6.45, 7) is 1.53. The number of hydrogen-bond donors (Lipinski definition) is 2. The molecule has 2 N–H and O–H groups in total. The number of halogens is 2. The highest BCUT2D eigenvalue weighted by Crippen LogP contribution is 2.31. The van der Waals surface area contributed by atoms with Gasteiger partial charge in [0, 0.05) is 0 Å². The maximum atomic E-state index is 13.6. The number of benzene rings is 2. The first-order valence-corrected chi connectivity index (χ1v) is 7.39. The molecule has 5 nitrogen and oxygen atoms in total. The van der Waals surface area contributed by atoms with E-state index in [1.807, 2.05) is 6.07 Å². The van der Waals surface area contributed by atoms with Gasteiger partial charge in [0.1, 0.15) is 12.4 Å². The van der Waals surface area contributed by atoms with Crippen LogP contribution in [-0.4, -0.2) is 17.2 Å². The minimum atomic E-state index is -1.35. The highest BCUT2D eigenvalue weighted by atomic mass is 79.9. The molecular formula is C16H13BrFNO4. The summed E-state index contributed by atoms with van der Waals surface area (Å²) in [5.74, 6) is -2.07. The van der Waals surface area contributed by atoms with Gasteiger partial charge in [0.05, 0.1) is 15.7 Å². The lowest BCUT2D eigenvalue weighted by atomic mass is 10.1. The Labute approximate surface area is 140 Å². The number of carboxylic acids is 1. The molecule has 2 rings (SSSR count). The third-order valence-corrected chi connectivity index (χ3v) is 4.10. The fourth-order valence-electron chi connectivity index (χ4n) is 1.94. The summed E-state index contributed by atoms with van der Waals surface area (Å²) in [6.07, 6.45) is -0.821. The van der Waals surface area contributed by atoms with Crippen LogP contribution in [0.5, 0.6) is 0 Å². The van der Waals surface area contributed by atoms with E-state index in [1.165, 1.54) is 6.92 Å². The van der Waals surface area contributed by atoms with Gasteiger partial charge in [0.2, 0.25) is 0 Å². The molecule has 0 aromatic heterocycles. The Hall–Kier alpha value is -2.41. The maximum absolute atomic E-state index is 13.6. The van der Waals surface area contributed by atoms with E-state index < -0.39 is 17.9 Å². The first kappa shape index (κ1) is 17.0. The number of rotatable bonds is 4. The molecule has 7 heteroatoms. The second kappa shape index (κ2) is 7.23. The van der Waals surface area contributed by atoms with Crippen LogP contribution in [0.3, 0.4) is 0 Å². The van der Waals surface area contributed by atoms with Crippen molar-refractivity contribution in [2.75, 3.05) is 5.32 Å². The molecule has 0 saturated heterocycles. The van der Waals surface area contributed by atoms with Crippen molar-refractivity contribution >= 4 is 33.7 Å². The molecular weight excluding hydrogens is 369 g/mol. The molecule has 2 aromatic carbocycles. The topological polar surface area (TPSA) is 75.6 Å². The normalized spacial score (nSPS) is 10.2. The highest BCUT2D eigenvalue weighted by Gasteiger charge is 2.20. The molecule has 0 heterocycles. The highest BCUT2D eigenvalue weighted by molar-refractivity contribution is 9.10. The van der Waals surface area contributed by atoms with Crippen LogP contribution in [-0.2, 0) is 11.3 Å². The fourth-order valence-corrected chi connectivity index (χ4v) is 2.26. The van der Waals surface area contributed by atoms with E-state index in [0.29, 0.717) is 0 Å². The van der Waals surface area contributed by atoms with Gasteiger partial charge in [0.15, 0.2) is 0 Å². The fraction of sp³-hybridized carbons (Fsp3) is 0.125. The lowest BCUT2D eigenvalue weighted by Gasteiger charge is -2.14. The summed E-state index contributed by atoms with van der Waals surface area (Å²) in [6, 6.07) is 9.86. The number of carbonyl (C=O) groups excluding carboxylic acids is 1. The van der Waals surface area contributed by atoms with E-state index in [-0.39, 0.29) is 27.9 Å². The third-order valence-electron chi connectivity index (χ3n) is 3.12. The quantitative estimate of drug-likeness (QED) is 0.825. The summed E-state index contributed by atoms with van der Waals surface area (Å²) in [4.78, 5) is 23.1. The number of anilines is 1. The number of carboxylic acid groups (broad SMARTS) is 1. The number of ether oxygens (including phenoxy) is 1. The van der Waals surface area contributed by atoms with Crippen LogP contribution in [0, 0.1) is 12.7 Å². The SMILES string of the molecule is Cc1c(Br)c(F)cc(C(=O)O)c1NC(=O)OCc1ccccc1. The van der Waals surface area contributed by atoms with Crippen molar-refractivity contribution < 1.29 is 23.8 Å². The second-order valence-electron chi connectivity index (χ2n) is 4.71. The Morgan fingerprint density at radius 1 is 1.30 bits per heavy atom. The summed E-state index contributed by atoms with van der Waals surface area (Å²) in [5, 5.41) is 11.5. The molecule has 2 aromatic rings. The zero-order chi connectivity index (χ0) is 17.0. The van der Waals surface area contributed by atoms with E-state index in [4.69, 9.17) is 9.84 Å². The van der Waals surface area contributed by atoms with Gasteiger partial charge in [-0.15, -0.1) is 0 Å². The minimum absolute atomic E-state index is 0.0103. The molecule has 0 bridgehead atoms. The van der Waals surface area contributed by atoms with Crippen molar-refractivity contribution in [3.05, 3.63) is 63.4 Å². The molecule has 0 radical (unpaired) electrons. The van der Waals surface area contributed by atoms with Gasteiger partial charge in [-0.2, -0.15) is 0 Å². The molecule has 0 fully saturated rings. The number of carbonyl (C=O) groups is 2. The summed E-state index contributed by atoms with van der Waals surface area (Å²) >= 11 is 3.02. The molecule has 0 aliphatic carbocycles. The van der Waals surface area contributed by atoms with E-state index >= 15 is 0 Å². The molecule has 1 amide bonds. The summed E-state index contributed by atoms with van der Waals surface area (Å²) in [7, 11) is 0. The van der Waals surface area contributed by atoms with E-state index in [1.54, 1.807) is 24.3 Å². The number of aromatic carboxylic acids is 1. The van der Waals surface area contributed by atoms with Crippen molar-refractivity contribution in [3.63, 3.8) is 0 Å². The largest absolute Gasteiger partial charge is 0.478 e. The predicted octanol–water partition coefficient (Wildman–Crippen LogP) is 4.34. The lowest BCUT2D eigenvalue weighted by molar-refractivity contribution is 0.0697. The lowest BCUT2D eigenvalue weighted by Crippen LogP contribution is -2.17. The molecule has 0 spiro atoms. The average Bonchev–Trinajstić information content (AvgIpc) is 2.54. The first-order valence-electron chi connectivity index (χ1n) is 6.59. The Bertz CT molecular complexity index is 749. The summed E-state index contributed by atoms with van der Waals surface area (Å²) < 4.78 is 18.8. The van der Waals surface area contributed by atoms with Crippen LogP contribution >= 0.6 is 15.9 Å². The molecule has 120 valence electrons.